The molecule has 15 heavy (non-hydrogen) atoms. The van der Waals surface area contributed by atoms with E-state index in [0.717, 1.165) is 12.0 Å². The molecule has 0 saturated heterocycles. The first-order chi connectivity index (χ1) is 7.19. The minimum Gasteiger partial charge on any atom is -0.494 e. The van der Waals surface area contributed by atoms with E-state index < -0.39 is 5.82 Å². The maximum absolute atomic E-state index is 13.2. The number of ether oxygens (including phenoxy) is 1. The maximum atomic E-state index is 13.2. The van der Waals surface area contributed by atoms with Crippen LogP contribution in [0.25, 0.3) is 0 Å². The predicted octanol–water partition coefficient (Wildman–Crippen LogP) is 2.77. The van der Waals surface area contributed by atoms with E-state index in [2.05, 4.69) is 0 Å². The highest BCUT2D eigenvalue weighted by atomic mass is 35.5. The van der Waals surface area contributed by atoms with Gasteiger partial charge in [0.1, 0.15) is 11.6 Å². The Hall–Kier alpha value is -0.800. The van der Waals surface area contributed by atoms with Gasteiger partial charge in [0, 0.05) is 6.07 Å². The molecule has 0 heterocycles. The highest BCUT2D eigenvalue weighted by Crippen LogP contribution is 2.27. The van der Waals surface area contributed by atoms with Crippen molar-refractivity contribution in [3.05, 3.63) is 28.5 Å². The lowest BCUT2D eigenvalue weighted by Crippen LogP contribution is -2.03. The van der Waals surface area contributed by atoms with Gasteiger partial charge in [0.15, 0.2) is 0 Å². The molecular formula is C11H15ClFNO. The fraction of sp³-hybridized carbons (Fsp3) is 0.455. The summed E-state index contributed by atoms with van der Waals surface area (Å²) in [6, 6.07) is 2.94. The quantitative estimate of drug-likeness (QED) is 0.846. The lowest BCUT2D eigenvalue weighted by Gasteiger charge is -2.10. The SMILES string of the molecule is CCOc1cc(Cl)c(F)cc1CCCN. The van der Waals surface area contributed by atoms with Crippen LogP contribution in [0.1, 0.15) is 18.9 Å². The number of rotatable bonds is 5. The first-order valence-electron chi connectivity index (χ1n) is 4.99. The molecule has 0 aliphatic heterocycles. The van der Waals surface area contributed by atoms with Crippen LogP contribution in [0.15, 0.2) is 12.1 Å². The predicted molar refractivity (Wildman–Crippen MR) is 60.0 cm³/mol. The van der Waals surface area contributed by atoms with Gasteiger partial charge in [-0.3, -0.25) is 0 Å². The van der Waals surface area contributed by atoms with Crippen molar-refractivity contribution in [1.82, 2.24) is 0 Å². The van der Waals surface area contributed by atoms with E-state index in [-0.39, 0.29) is 5.02 Å². The minimum atomic E-state index is -0.410. The highest BCUT2D eigenvalue weighted by Gasteiger charge is 2.09. The van der Waals surface area contributed by atoms with Gasteiger partial charge in [0.05, 0.1) is 11.6 Å². The molecule has 1 aromatic rings. The molecule has 0 atom stereocenters. The Balaban J connectivity index is 2.93. The molecule has 0 unspecified atom stereocenters. The average Bonchev–Trinajstić information content (AvgIpc) is 2.21. The molecule has 84 valence electrons. The summed E-state index contributed by atoms with van der Waals surface area (Å²) in [7, 11) is 0. The highest BCUT2D eigenvalue weighted by molar-refractivity contribution is 6.30. The number of hydrogen-bond donors (Lipinski definition) is 1. The molecule has 0 spiro atoms. The zero-order chi connectivity index (χ0) is 11.3. The third-order valence-electron chi connectivity index (χ3n) is 2.05. The van der Waals surface area contributed by atoms with Gasteiger partial charge in [0.25, 0.3) is 0 Å². The molecule has 0 amide bonds. The van der Waals surface area contributed by atoms with Crippen molar-refractivity contribution in [2.75, 3.05) is 13.2 Å². The smallest absolute Gasteiger partial charge is 0.142 e. The second-order valence-corrected chi connectivity index (χ2v) is 3.61. The molecule has 4 heteroatoms. The van der Waals surface area contributed by atoms with Gasteiger partial charge >= 0.3 is 0 Å². The zero-order valence-corrected chi connectivity index (χ0v) is 9.48. The first-order valence-corrected chi connectivity index (χ1v) is 5.37. The second-order valence-electron chi connectivity index (χ2n) is 3.20. The van der Waals surface area contributed by atoms with Crippen LogP contribution >= 0.6 is 11.6 Å². The molecule has 0 radical (unpaired) electrons. The van der Waals surface area contributed by atoms with Crippen molar-refractivity contribution < 1.29 is 9.13 Å². The van der Waals surface area contributed by atoms with Crippen LogP contribution in [0.4, 0.5) is 4.39 Å². The largest absolute Gasteiger partial charge is 0.494 e. The third kappa shape index (κ3) is 3.36. The van der Waals surface area contributed by atoms with E-state index in [9.17, 15) is 4.39 Å². The Kier molecular flexibility index (Phi) is 4.85. The van der Waals surface area contributed by atoms with Gasteiger partial charge in [-0.05, 0) is 37.9 Å². The van der Waals surface area contributed by atoms with Gasteiger partial charge in [-0.15, -0.1) is 0 Å². The maximum Gasteiger partial charge on any atom is 0.142 e. The van der Waals surface area contributed by atoms with E-state index in [1.807, 2.05) is 6.92 Å². The topological polar surface area (TPSA) is 35.2 Å². The minimum absolute atomic E-state index is 0.0925. The Morgan fingerprint density at radius 3 is 2.80 bits per heavy atom. The summed E-state index contributed by atoms with van der Waals surface area (Å²) >= 11 is 5.68. The van der Waals surface area contributed by atoms with Gasteiger partial charge in [-0.2, -0.15) is 0 Å². The lowest BCUT2D eigenvalue weighted by molar-refractivity contribution is 0.335. The molecule has 2 N–H and O–H groups in total. The van der Waals surface area contributed by atoms with Crippen LogP contribution in [0.5, 0.6) is 5.75 Å². The van der Waals surface area contributed by atoms with E-state index in [1.165, 1.54) is 12.1 Å². The van der Waals surface area contributed by atoms with E-state index >= 15 is 0 Å². The van der Waals surface area contributed by atoms with Gasteiger partial charge in [-0.1, -0.05) is 11.6 Å². The Bertz CT molecular complexity index is 331. The monoisotopic (exact) mass is 231 g/mol. The van der Waals surface area contributed by atoms with Crippen molar-refractivity contribution >= 4 is 11.6 Å². The first kappa shape index (κ1) is 12.3. The van der Waals surface area contributed by atoms with Crippen LogP contribution in [-0.2, 0) is 6.42 Å². The number of aryl methyl sites for hydroxylation is 1. The third-order valence-corrected chi connectivity index (χ3v) is 2.34. The zero-order valence-electron chi connectivity index (χ0n) is 8.72. The Labute approximate surface area is 94.2 Å². The molecule has 0 aliphatic rings. The van der Waals surface area contributed by atoms with Crippen molar-refractivity contribution in [3.63, 3.8) is 0 Å². The molecule has 0 saturated carbocycles. The standard InChI is InChI=1S/C11H15ClFNO/c1-2-15-11-7-9(12)10(13)6-8(11)4-3-5-14/h6-7H,2-5,14H2,1H3. The van der Waals surface area contributed by atoms with Crippen molar-refractivity contribution in [2.45, 2.75) is 19.8 Å². The number of nitrogens with two attached hydrogens (primary N) is 1. The summed E-state index contributed by atoms with van der Waals surface area (Å²) in [5.74, 6) is 0.240. The summed E-state index contributed by atoms with van der Waals surface area (Å²) < 4.78 is 18.6. The summed E-state index contributed by atoms with van der Waals surface area (Å²) in [6.45, 7) is 3.00. The average molecular weight is 232 g/mol. The number of benzene rings is 1. The van der Waals surface area contributed by atoms with E-state index in [1.54, 1.807) is 0 Å². The lowest BCUT2D eigenvalue weighted by atomic mass is 10.1. The molecule has 2 nitrogen and oxygen atoms in total. The van der Waals surface area contributed by atoms with Crippen LogP contribution in [0.3, 0.4) is 0 Å². The van der Waals surface area contributed by atoms with E-state index in [4.69, 9.17) is 22.1 Å². The normalized spacial score (nSPS) is 10.4. The van der Waals surface area contributed by atoms with E-state index in [0.29, 0.717) is 25.3 Å². The molecule has 1 rings (SSSR count). The second kappa shape index (κ2) is 5.93. The fourth-order valence-electron chi connectivity index (χ4n) is 1.35. The van der Waals surface area contributed by atoms with Crippen molar-refractivity contribution in [2.24, 2.45) is 5.73 Å². The number of halogens is 2. The summed E-state index contributed by atoms with van der Waals surface area (Å²) in [6.07, 6.45) is 1.51. The van der Waals surface area contributed by atoms with Gasteiger partial charge in [0.2, 0.25) is 0 Å². The van der Waals surface area contributed by atoms with Gasteiger partial charge in [-0.25, -0.2) is 4.39 Å². The summed E-state index contributed by atoms with van der Waals surface area (Å²) in [5.41, 5.74) is 6.23. The van der Waals surface area contributed by atoms with Crippen LogP contribution in [0.2, 0.25) is 5.02 Å². The molecule has 1 aromatic carbocycles. The number of hydrogen-bond acceptors (Lipinski definition) is 2. The molecule has 0 bridgehead atoms. The van der Waals surface area contributed by atoms with Crippen LogP contribution in [-0.4, -0.2) is 13.2 Å². The van der Waals surface area contributed by atoms with Crippen molar-refractivity contribution in [3.8, 4) is 5.75 Å². The Morgan fingerprint density at radius 1 is 1.47 bits per heavy atom. The summed E-state index contributed by atoms with van der Waals surface area (Å²) in [5, 5.41) is 0.0925. The summed E-state index contributed by atoms with van der Waals surface area (Å²) in [4.78, 5) is 0. The van der Waals surface area contributed by atoms with Crippen LogP contribution in [0, 0.1) is 5.82 Å². The molecule has 0 fully saturated rings. The van der Waals surface area contributed by atoms with Crippen molar-refractivity contribution in [1.29, 1.82) is 0 Å². The molecular weight excluding hydrogens is 217 g/mol. The Morgan fingerprint density at radius 2 is 2.20 bits per heavy atom. The van der Waals surface area contributed by atoms with Gasteiger partial charge < -0.3 is 10.5 Å². The fourth-order valence-corrected chi connectivity index (χ4v) is 1.50. The molecule has 0 aliphatic carbocycles. The molecule has 0 aromatic heterocycles. The van der Waals surface area contributed by atoms with Crippen LogP contribution < -0.4 is 10.5 Å².